The Morgan fingerprint density at radius 2 is 1.83 bits per heavy atom. The Morgan fingerprint density at radius 1 is 1.17 bits per heavy atom. The van der Waals surface area contributed by atoms with E-state index < -0.39 is 0 Å². The summed E-state index contributed by atoms with van der Waals surface area (Å²) in [5, 5.41) is 0.840. The third-order valence-electron chi connectivity index (χ3n) is 4.25. The standard InChI is InChI=1S/C15H18ClNO/c16-15-7-2-1-4-11(15)10-17-12-5-3-6-13(17)9-14(18)8-12/h1-2,4,7,12-13H,3,5-6,8-10H2. The topological polar surface area (TPSA) is 20.3 Å². The summed E-state index contributed by atoms with van der Waals surface area (Å²) in [4.78, 5) is 14.2. The van der Waals surface area contributed by atoms with Crippen LogP contribution in [0.2, 0.25) is 5.02 Å². The van der Waals surface area contributed by atoms with Crippen LogP contribution in [-0.4, -0.2) is 22.8 Å². The van der Waals surface area contributed by atoms with E-state index in [2.05, 4.69) is 11.0 Å². The number of piperidine rings is 2. The Morgan fingerprint density at radius 3 is 2.50 bits per heavy atom. The fourth-order valence-corrected chi connectivity index (χ4v) is 3.54. The fraction of sp³-hybridized carbons (Fsp3) is 0.533. The molecule has 2 aliphatic rings. The second kappa shape index (κ2) is 5.02. The van der Waals surface area contributed by atoms with E-state index in [1.807, 2.05) is 18.2 Å². The summed E-state index contributed by atoms with van der Waals surface area (Å²) in [5.41, 5.74) is 1.19. The largest absolute Gasteiger partial charge is 0.300 e. The lowest BCUT2D eigenvalue weighted by atomic mass is 9.83. The maximum absolute atomic E-state index is 11.7. The molecule has 2 bridgehead atoms. The van der Waals surface area contributed by atoms with Gasteiger partial charge < -0.3 is 0 Å². The van der Waals surface area contributed by atoms with Crippen molar-refractivity contribution in [1.29, 1.82) is 0 Å². The molecule has 2 saturated heterocycles. The Hall–Kier alpha value is -0.860. The average Bonchev–Trinajstić information content (AvgIpc) is 2.33. The first-order chi connectivity index (χ1) is 8.74. The molecule has 1 aromatic carbocycles. The molecule has 2 aliphatic heterocycles. The molecule has 0 spiro atoms. The fourth-order valence-electron chi connectivity index (χ4n) is 3.35. The molecule has 0 aromatic heterocycles. The number of nitrogens with zero attached hydrogens (tertiary/aromatic N) is 1. The van der Waals surface area contributed by atoms with Crippen LogP contribution in [0.15, 0.2) is 24.3 Å². The summed E-state index contributed by atoms with van der Waals surface area (Å²) in [5.74, 6) is 0.445. The number of carbonyl (C=O) groups excluding carboxylic acids is 1. The monoisotopic (exact) mass is 263 g/mol. The van der Waals surface area contributed by atoms with Crippen LogP contribution < -0.4 is 0 Å². The number of rotatable bonds is 2. The molecular formula is C15H18ClNO. The quantitative estimate of drug-likeness (QED) is 0.815. The highest BCUT2D eigenvalue weighted by atomic mass is 35.5. The van der Waals surface area contributed by atoms with Crippen LogP contribution in [0.3, 0.4) is 0 Å². The number of Topliss-reactive ketones (excluding diaryl/α,β-unsaturated/α-hetero) is 1. The molecule has 0 aliphatic carbocycles. The van der Waals surface area contributed by atoms with Gasteiger partial charge in [0.15, 0.2) is 0 Å². The lowest BCUT2D eigenvalue weighted by Crippen LogP contribution is -2.51. The Balaban J connectivity index is 1.80. The number of hydrogen-bond acceptors (Lipinski definition) is 2. The van der Waals surface area contributed by atoms with Crippen LogP contribution in [0.25, 0.3) is 0 Å². The van der Waals surface area contributed by atoms with Crippen LogP contribution in [0, 0.1) is 0 Å². The van der Waals surface area contributed by atoms with Gasteiger partial charge in [0.1, 0.15) is 5.78 Å². The van der Waals surface area contributed by atoms with Gasteiger partial charge in [-0.25, -0.2) is 0 Å². The molecule has 2 atom stereocenters. The van der Waals surface area contributed by atoms with Gasteiger partial charge >= 0.3 is 0 Å². The van der Waals surface area contributed by atoms with Gasteiger partial charge in [-0.05, 0) is 24.5 Å². The zero-order chi connectivity index (χ0) is 12.5. The van der Waals surface area contributed by atoms with E-state index >= 15 is 0 Å². The normalized spacial score (nSPS) is 28.4. The van der Waals surface area contributed by atoms with Gasteiger partial charge in [0.05, 0.1) is 0 Å². The molecule has 1 aromatic rings. The summed E-state index contributed by atoms with van der Waals surface area (Å²) in [6.07, 6.45) is 5.06. The highest BCUT2D eigenvalue weighted by molar-refractivity contribution is 6.31. The maximum atomic E-state index is 11.7. The first kappa shape index (κ1) is 12.2. The summed E-state index contributed by atoms with van der Waals surface area (Å²) in [7, 11) is 0. The Labute approximate surface area is 113 Å². The molecule has 3 heteroatoms. The van der Waals surface area contributed by atoms with Crippen molar-refractivity contribution >= 4 is 17.4 Å². The molecule has 0 N–H and O–H groups in total. The van der Waals surface area contributed by atoms with E-state index in [-0.39, 0.29) is 0 Å². The summed E-state index contributed by atoms with van der Waals surface area (Å²) < 4.78 is 0. The molecule has 3 rings (SSSR count). The highest BCUT2D eigenvalue weighted by Crippen LogP contribution is 2.34. The van der Waals surface area contributed by atoms with Crippen molar-refractivity contribution in [2.75, 3.05) is 0 Å². The molecule has 2 unspecified atom stereocenters. The average molecular weight is 264 g/mol. The van der Waals surface area contributed by atoms with Crippen molar-refractivity contribution in [2.45, 2.75) is 50.7 Å². The van der Waals surface area contributed by atoms with Crippen LogP contribution in [0.4, 0.5) is 0 Å². The van der Waals surface area contributed by atoms with Crippen molar-refractivity contribution in [3.8, 4) is 0 Å². The Bertz CT molecular complexity index is 444. The first-order valence-electron chi connectivity index (χ1n) is 6.75. The lowest BCUT2D eigenvalue weighted by Gasteiger charge is -2.45. The number of halogens is 1. The number of ketones is 1. The van der Waals surface area contributed by atoms with Crippen molar-refractivity contribution < 1.29 is 4.79 Å². The van der Waals surface area contributed by atoms with Gasteiger partial charge in [-0.1, -0.05) is 36.2 Å². The summed E-state index contributed by atoms with van der Waals surface area (Å²) >= 11 is 6.24. The third kappa shape index (κ3) is 2.32. The van der Waals surface area contributed by atoms with Crippen molar-refractivity contribution in [3.05, 3.63) is 34.9 Å². The number of benzene rings is 1. The van der Waals surface area contributed by atoms with E-state index in [0.717, 1.165) is 37.3 Å². The number of carbonyl (C=O) groups is 1. The van der Waals surface area contributed by atoms with Gasteiger partial charge in [0.25, 0.3) is 0 Å². The zero-order valence-electron chi connectivity index (χ0n) is 10.4. The third-order valence-corrected chi connectivity index (χ3v) is 4.62. The second-order valence-corrected chi connectivity index (χ2v) is 5.86. The highest BCUT2D eigenvalue weighted by Gasteiger charge is 2.37. The van der Waals surface area contributed by atoms with Gasteiger partial charge in [0, 0.05) is 36.5 Å². The predicted molar refractivity (Wildman–Crippen MR) is 72.7 cm³/mol. The van der Waals surface area contributed by atoms with Gasteiger partial charge in [-0.3, -0.25) is 9.69 Å². The van der Waals surface area contributed by atoms with Crippen molar-refractivity contribution in [1.82, 2.24) is 4.90 Å². The van der Waals surface area contributed by atoms with Crippen LogP contribution in [0.5, 0.6) is 0 Å². The van der Waals surface area contributed by atoms with E-state index in [9.17, 15) is 4.79 Å². The van der Waals surface area contributed by atoms with Crippen LogP contribution in [-0.2, 0) is 11.3 Å². The van der Waals surface area contributed by atoms with Crippen molar-refractivity contribution in [2.24, 2.45) is 0 Å². The minimum atomic E-state index is 0.445. The molecule has 96 valence electrons. The summed E-state index contributed by atoms with van der Waals surface area (Å²) in [6.45, 7) is 0.891. The molecule has 0 saturated carbocycles. The minimum absolute atomic E-state index is 0.445. The predicted octanol–water partition coefficient (Wildman–Crippen LogP) is 3.43. The molecular weight excluding hydrogens is 246 g/mol. The van der Waals surface area contributed by atoms with Gasteiger partial charge in [0.2, 0.25) is 0 Å². The number of hydrogen-bond donors (Lipinski definition) is 0. The molecule has 2 nitrogen and oxygen atoms in total. The van der Waals surface area contributed by atoms with Crippen LogP contribution >= 0.6 is 11.6 Å². The van der Waals surface area contributed by atoms with E-state index in [1.54, 1.807) is 0 Å². The zero-order valence-corrected chi connectivity index (χ0v) is 11.2. The SMILES string of the molecule is O=C1CC2CCCC(C1)N2Cc1ccccc1Cl. The molecule has 0 amide bonds. The van der Waals surface area contributed by atoms with E-state index in [1.165, 1.54) is 12.0 Å². The van der Waals surface area contributed by atoms with Gasteiger partial charge in [-0.2, -0.15) is 0 Å². The second-order valence-electron chi connectivity index (χ2n) is 5.45. The molecule has 2 fully saturated rings. The lowest BCUT2D eigenvalue weighted by molar-refractivity contribution is -0.127. The van der Waals surface area contributed by atoms with E-state index in [0.29, 0.717) is 17.9 Å². The summed E-state index contributed by atoms with van der Waals surface area (Å²) in [6, 6.07) is 8.93. The minimum Gasteiger partial charge on any atom is -0.300 e. The number of fused-ring (bicyclic) bond motifs is 2. The smallest absolute Gasteiger partial charge is 0.136 e. The van der Waals surface area contributed by atoms with Crippen molar-refractivity contribution in [3.63, 3.8) is 0 Å². The van der Waals surface area contributed by atoms with Crippen LogP contribution in [0.1, 0.15) is 37.7 Å². The Kier molecular flexibility index (Phi) is 3.40. The molecule has 0 radical (unpaired) electrons. The van der Waals surface area contributed by atoms with Gasteiger partial charge in [-0.15, -0.1) is 0 Å². The molecule has 2 heterocycles. The van der Waals surface area contributed by atoms with E-state index in [4.69, 9.17) is 11.6 Å². The maximum Gasteiger partial charge on any atom is 0.136 e. The molecule has 18 heavy (non-hydrogen) atoms. The first-order valence-corrected chi connectivity index (χ1v) is 7.12.